The van der Waals surface area contributed by atoms with Crippen LogP contribution in [0.1, 0.15) is 12.8 Å². The summed E-state index contributed by atoms with van der Waals surface area (Å²) in [5.74, 6) is 0.854. The number of benzene rings is 1. The Balaban J connectivity index is 1.72. The molecule has 0 unspecified atom stereocenters. The van der Waals surface area contributed by atoms with Crippen molar-refractivity contribution in [3.63, 3.8) is 0 Å². The van der Waals surface area contributed by atoms with E-state index in [-0.39, 0.29) is 0 Å². The zero-order valence-electron chi connectivity index (χ0n) is 11.6. The number of halogens is 2. The highest BCUT2D eigenvalue weighted by molar-refractivity contribution is 9.11. The summed E-state index contributed by atoms with van der Waals surface area (Å²) in [4.78, 5) is 2.73. The predicted octanol–water partition coefficient (Wildman–Crippen LogP) is 2.93. The summed E-state index contributed by atoms with van der Waals surface area (Å²) < 4.78 is 28.5. The smallest absolute Gasteiger partial charge is 0.244 e. The van der Waals surface area contributed by atoms with Crippen LogP contribution in [0.2, 0.25) is 0 Å². The molecule has 1 saturated carbocycles. The van der Waals surface area contributed by atoms with Crippen LogP contribution >= 0.6 is 31.9 Å². The summed E-state index contributed by atoms with van der Waals surface area (Å²) in [6.45, 7) is 3.96. The molecule has 2 fully saturated rings. The summed E-state index contributed by atoms with van der Waals surface area (Å²) in [7, 11) is -3.42. The van der Waals surface area contributed by atoms with Gasteiger partial charge in [0.2, 0.25) is 10.0 Å². The van der Waals surface area contributed by atoms with E-state index in [0.29, 0.717) is 22.5 Å². The third-order valence-corrected chi connectivity index (χ3v) is 7.44. The largest absolute Gasteiger partial charge is 0.300 e. The van der Waals surface area contributed by atoms with Crippen LogP contribution in [0, 0.1) is 5.92 Å². The minimum Gasteiger partial charge on any atom is -0.300 e. The molecule has 1 heterocycles. The molecule has 2 aliphatic rings. The third-order valence-electron chi connectivity index (χ3n) is 4.06. The maximum Gasteiger partial charge on any atom is 0.244 e. The van der Waals surface area contributed by atoms with Crippen LogP contribution in [0.5, 0.6) is 0 Å². The van der Waals surface area contributed by atoms with E-state index in [4.69, 9.17) is 0 Å². The fourth-order valence-corrected chi connectivity index (χ4v) is 5.52. The van der Waals surface area contributed by atoms with E-state index in [1.807, 2.05) is 6.07 Å². The van der Waals surface area contributed by atoms with Crippen LogP contribution in [0.3, 0.4) is 0 Å². The zero-order chi connectivity index (χ0) is 15.0. The summed E-state index contributed by atoms with van der Waals surface area (Å²) in [6, 6.07) is 5.26. The lowest BCUT2D eigenvalue weighted by molar-refractivity contribution is 0.182. The standard InChI is InChI=1S/C14H18Br2N2O2S/c15-12-3-4-13(16)14(9-12)21(19,20)18-7-5-17(6-8-18)10-11-1-2-11/h3-4,9,11H,1-2,5-8,10H2. The molecule has 4 nitrogen and oxygen atoms in total. The van der Waals surface area contributed by atoms with Crippen molar-refractivity contribution in [2.45, 2.75) is 17.7 Å². The highest BCUT2D eigenvalue weighted by atomic mass is 79.9. The molecule has 1 aliphatic heterocycles. The van der Waals surface area contributed by atoms with Crippen molar-refractivity contribution in [2.24, 2.45) is 5.92 Å². The van der Waals surface area contributed by atoms with Crippen LogP contribution in [-0.4, -0.2) is 50.3 Å². The van der Waals surface area contributed by atoms with Crippen molar-refractivity contribution in [1.82, 2.24) is 9.21 Å². The lowest BCUT2D eigenvalue weighted by Crippen LogP contribution is -2.49. The van der Waals surface area contributed by atoms with Crippen LogP contribution in [0.4, 0.5) is 0 Å². The molecule has 0 radical (unpaired) electrons. The number of sulfonamides is 1. The topological polar surface area (TPSA) is 40.6 Å². The normalized spacial score (nSPS) is 21.6. The van der Waals surface area contributed by atoms with E-state index in [1.165, 1.54) is 12.8 Å². The molecule has 0 spiro atoms. The Morgan fingerprint density at radius 1 is 1.10 bits per heavy atom. The van der Waals surface area contributed by atoms with Gasteiger partial charge in [0.05, 0.1) is 4.90 Å². The summed E-state index contributed by atoms with van der Waals surface area (Å²) in [6.07, 6.45) is 2.67. The van der Waals surface area contributed by atoms with Gasteiger partial charge in [0.15, 0.2) is 0 Å². The van der Waals surface area contributed by atoms with E-state index in [9.17, 15) is 8.42 Å². The molecular weight excluding hydrogens is 420 g/mol. The molecule has 0 atom stereocenters. The highest BCUT2D eigenvalue weighted by Crippen LogP contribution is 2.31. The van der Waals surface area contributed by atoms with Crippen LogP contribution < -0.4 is 0 Å². The molecule has 1 aliphatic carbocycles. The molecule has 0 bridgehead atoms. The van der Waals surface area contributed by atoms with Gasteiger partial charge >= 0.3 is 0 Å². The monoisotopic (exact) mass is 436 g/mol. The van der Waals surface area contributed by atoms with Gasteiger partial charge in [0.25, 0.3) is 0 Å². The Labute approximate surface area is 142 Å². The molecule has 0 N–H and O–H groups in total. The van der Waals surface area contributed by atoms with Gasteiger partial charge in [0, 0.05) is 41.7 Å². The first-order chi connectivity index (χ1) is 9.96. The van der Waals surface area contributed by atoms with Crippen molar-refractivity contribution < 1.29 is 8.42 Å². The van der Waals surface area contributed by atoms with Gasteiger partial charge in [-0.25, -0.2) is 8.42 Å². The first kappa shape index (κ1) is 15.9. The Morgan fingerprint density at radius 3 is 2.38 bits per heavy atom. The van der Waals surface area contributed by atoms with E-state index >= 15 is 0 Å². The summed E-state index contributed by atoms with van der Waals surface area (Å²) in [5, 5.41) is 0. The van der Waals surface area contributed by atoms with Gasteiger partial charge in [-0.05, 0) is 52.9 Å². The summed E-state index contributed by atoms with van der Waals surface area (Å²) >= 11 is 6.69. The Hall–Kier alpha value is 0.0500. The minimum absolute atomic E-state index is 0.340. The second kappa shape index (κ2) is 6.28. The summed E-state index contributed by atoms with van der Waals surface area (Å²) in [5.41, 5.74) is 0. The van der Waals surface area contributed by atoms with Gasteiger partial charge in [0.1, 0.15) is 0 Å². The van der Waals surface area contributed by atoms with Crippen molar-refractivity contribution in [2.75, 3.05) is 32.7 Å². The van der Waals surface area contributed by atoms with Gasteiger partial charge in [-0.1, -0.05) is 15.9 Å². The van der Waals surface area contributed by atoms with Gasteiger partial charge < -0.3 is 4.90 Å². The number of hydrogen-bond acceptors (Lipinski definition) is 3. The fourth-order valence-electron chi connectivity index (χ4n) is 2.63. The quantitative estimate of drug-likeness (QED) is 0.726. The van der Waals surface area contributed by atoms with E-state index in [1.54, 1.807) is 16.4 Å². The minimum atomic E-state index is -3.42. The SMILES string of the molecule is O=S(=O)(c1cc(Br)ccc1Br)N1CCN(CC2CC2)CC1. The molecule has 1 saturated heterocycles. The van der Waals surface area contributed by atoms with Crippen LogP contribution in [0.15, 0.2) is 32.0 Å². The van der Waals surface area contributed by atoms with Crippen molar-refractivity contribution in [3.8, 4) is 0 Å². The maximum absolute atomic E-state index is 12.8. The second-order valence-electron chi connectivity index (χ2n) is 5.72. The van der Waals surface area contributed by atoms with Crippen LogP contribution in [0.25, 0.3) is 0 Å². The van der Waals surface area contributed by atoms with Crippen molar-refractivity contribution in [3.05, 3.63) is 27.1 Å². The molecule has 0 amide bonds. The average Bonchev–Trinajstić information content (AvgIpc) is 3.26. The molecule has 1 aromatic carbocycles. The number of rotatable bonds is 4. The van der Waals surface area contributed by atoms with E-state index in [2.05, 4.69) is 36.8 Å². The van der Waals surface area contributed by atoms with Gasteiger partial charge in [-0.15, -0.1) is 0 Å². The molecular formula is C14H18Br2N2O2S. The molecule has 7 heteroatoms. The van der Waals surface area contributed by atoms with Crippen LogP contribution in [-0.2, 0) is 10.0 Å². The fraction of sp³-hybridized carbons (Fsp3) is 0.571. The number of nitrogens with zero attached hydrogens (tertiary/aromatic N) is 2. The lowest BCUT2D eigenvalue weighted by atomic mass is 10.3. The second-order valence-corrected chi connectivity index (χ2v) is 9.40. The van der Waals surface area contributed by atoms with Gasteiger partial charge in [-0.2, -0.15) is 4.31 Å². The predicted molar refractivity (Wildman–Crippen MR) is 89.8 cm³/mol. The van der Waals surface area contributed by atoms with Gasteiger partial charge in [-0.3, -0.25) is 0 Å². The number of piperazine rings is 1. The Bertz CT molecular complexity index is 624. The highest BCUT2D eigenvalue weighted by Gasteiger charge is 2.32. The van der Waals surface area contributed by atoms with E-state index in [0.717, 1.165) is 30.0 Å². The lowest BCUT2D eigenvalue weighted by Gasteiger charge is -2.34. The zero-order valence-corrected chi connectivity index (χ0v) is 15.6. The molecule has 3 rings (SSSR count). The third kappa shape index (κ3) is 3.69. The Kier molecular flexibility index (Phi) is 4.76. The van der Waals surface area contributed by atoms with E-state index < -0.39 is 10.0 Å². The molecule has 1 aromatic rings. The first-order valence-electron chi connectivity index (χ1n) is 7.14. The molecule has 0 aromatic heterocycles. The molecule has 116 valence electrons. The first-order valence-corrected chi connectivity index (χ1v) is 10.2. The molecule has 21 heavy (non-hydrogen) atoms. The maximum atomic E-state index is 12.8. The number of hydrogen-bond donors (Lipinski definition) is 0. The van der Waals surface area contributed by atoms with Crippen molar-refractivity contribution in [1.29, 1.82) is 0 Å². The Morgan fingerprint density at radius 2 is 1.76 bits per heavy atom. The van der Waals surface area contributed by atoms with Crippen molar-refractivity contribution >= 4 is 41.9 Å². The average molecular weight is 438 g/mol.